The van der Waals surface area contributed by atoms with Crippen molar-refractivity contribution >= 4 is 43.2 Å². The Morgan fingerprint density at radius 1 is 0.966 bits per heavy atom. The average molecular weight is 479 g/mol. The Labute approximate surface area is 175 Å². The molecule has 0 saturated heterocycles. The predicted molar refractivity (Wildman–Crippen MR) is 112 cm³/mol. The fraction of sp³-hybridized carbons (Fsp3) is 0.0500. The number of hydrogen-bond donors (Lipinski definition) is 2. The molecule has 2 N–H and O–H groups in total. The van der Waals surface area contributed by atoms with Crippen LogP contribution in [0.1, 0.15) is 0 Å². The van der Waals surface area contributed by atoms with E-state index in [0.717, 1.165) is 16.6 Å². The number of para-hydroxylation sites is 1. The van der Waals surface area contributed by atoms with E-state index in [0.29, 0.717) is 11.4 Å². The molecule has 0 atom stereocenters. The smallest absolute Gasteiger partial charge is 0.262 e. The fourth-order valence-electron chi connectivity index (χ4n) is 2.34. The Bertz CT molecular complexity index is 1100. The largest absolute Gasteiger partial charge is 0.484 e. The van der Waals surface area contributed by atoms with Crippen LogP contribution in [0.5, 0.6) is 5.75 Å². The van der Waals surface area contributed by atoms with Crippen LogP contribution < -0.4 is 14.8 Å². The number of anilines is 2. The SMILES string of the molecule is O=C(COc1ccc(S(=O)(=O)Nc2ccc(F)cc2)cc1)Nc1ccccc1Br. The molecule has 0 aliphatic rings. The second-order valence-corrected chi connectivity index (χ2v) is 8.44. The zero-order valence-corrected chi connectivity index (χ0v) is 17.3. The maximum Gasteiger partial charge on any atom is 0.262 e. The number of ether oxygens (including phenoxy) is 1. The third-order valence-electron chi connectivity index (χ3n) is 3.75. The van der Waals surface area contributed by atoms with Gasteiger partial charge in [0.25, 0.3) is 15.9 Å². The van der Waals surface area contributed by atoms with Crippen molar-refractivity contribution in [1.29, 1.82) is 0 Å². The van der Waals surface area contributed by atoms with Crippen molar-refractivity contribution in [2.75, 3.05) is 16.6 Å². The van der Waals surface area contributed by atoms with Gasteiger partial charge in [-0.25, -0.2) is 12.8 Å². The number of halogens is 2. The van der Waals surface area contributed by atoms with Crippen LogP contribution in [0.25, 0.3) is 0 Å². The molecule has 0 aliphatic heterocycles. The first-order valence-corrected chi connectivity index (χ1v) is 10.7. The Kier molecular flexibility index (Phi) is 6.50. The molecule has 0 saturated carbocycles. The van der Waals surface area contributed by atoms with Crippen molar-refractivity contribution in [2.24, 2.45) is 0 Å². The Hall–Kier alpha value is -2.91. The van der Waals surface area contributed by atoms with Gasteiger partial charge in [-0.15, -0.1) is 0 Å². The molecular formula is C20H16BrFN2O4S. The third kappa shape index (κ3) is 5.78. The van der Waals surface area contributed by atoms with Gasteiger partial charge in [-0.1, -0.05) is 12.1 Å². The maximum atomic E-state index is 12.9. The molecule has 0 radical (unpaired) electrons. The first kappa shape index (κ1) is 20.8. The number of carbonyl (C=O) groups excluding carboxylic acids is 1. The lowest BCUT2D eigenvalue weighted by molar-refractivity contribution is -0.118. The minimum absolute atomic E-state index is 0.00634. The summed E-state index contributed by atoms with van der Waals surface area (Å²) in [4.78, 5) is 12.0. The summed E-state index contributed by atoms with van der Waals surface area (Å²) < 4.78 is 46.2. The van der Waals surface area contributed by atoms with Gasteiger partial charge in [0, 0.05) is 10.2 Å². The monoisotopic (exact) mass is 478 g/mol. The number of rotatable bonds is 7. The molecular weight excluding hydrogens is 463 g/mol. The van der Waals surface area contributed by atoms with Gasteiger partial charge in [0.15, 0.2) is 6.61 Å². The van der Waals surface area contributed by atoms with Crippen molar-refractivity contribution in [3.8, 4) is 5.75 Å². The molecule has 9 heteroatoms. The van der Waals surface area contributed by atoms with E-state index >= 15 is 0 Å². The van der Waals surface area contributed by atoms with Crippen LogP contribution in [0.15, 0.2) is 82.2 Å². The summed E-state index contributed by atoms with van der Waals surface area (Å²) in [7, 11) is -3.83. The number of benzene rings is 3. The van der Waals surface area contributed by atoms with E-state index in [1.807, 2.05) is 6.07 Å². The van der Waals surface area contributed by atoms with Gasteiger partial charge in [0.2, 0.25) is 0 Å². The summed E-state index contributed by atoms with van der Waals surface area (Å²) in [5.41, 5.74) is 0.866. The lowest BCUT2D eigenvalue weighted by atomic mass is 10.3. The van der Waals surface area contributed by atoms with Gasteiger partial charge in [0.1, 0.15) is 11.6 Å². The molecule has 6 nitrogen and oxygen atoms in total. The number of amides is 1. The van der Waals surface area contributed by atoms with Gasteiger partial charge < -0.3 is 10.1 Å². The predicted octanol–water partition coefficient (Wildman–Crippen LogP) is 4.41. The normalized spacial score (nSPS) is 11.0. The van der Waals surface area contributed by atoms with E-state index in [-0.39, 0.29) is 23.1 Å². The minimum atomic E-state index is -3.83. The summed E-state index contributed by atoms with van der Waals surface area (Å²) in [5, 5.41) is 2.70. The number of carbonyl (C=O) groups is 1. The summed E-state index contributed by atoms with van der Waals surface area (Å²) in [6, 6.07) is 17.8. The molecule has 29 heavy (non-hydrogen) atoms. The van der Waals surface area contributed by atoms with Gasteiger partial charge >= 0.3 is 0 Å². The van der Waals surface area contributed by atoms with E-state index in [4.69, 9.17) is 4.74 Å². The Balaban J connectivity index is 1.58. The minimum Gasteiger partial charge on any atom is -0.484 e. The van der Waals surface area contributed by atoms with Crippen LogP contribution in [0.3, 0.4) is 0 Å². The number of nitrogens with one attached hydrogen (secondary N) is 2. The molecule has 0 aliphatic carbocycles. The standard InChI is InChI=1S/C20H16BrFN2O4S/c21-18-3-1-2-4-19(18)23-20(25)13-28-16-9-11-17(12-10-16)29(26,27)24-15-7-5-14(22)6-8-15/h1-12,24H,13H2,(H,23,25). The summed E-state index contributed by atoms with van der Waals surface area (Å²) in [5.74, 6) is -0.474. The van der Waals surface area contributed by atoms with Crippen molar-refractivity contribution in [3.63, 3.8) is 0 Å². The molecule has 0 spiro atoms. The lowest BCUT2D eigenvalue weighted by Crippen LogP contribution is -2.20. The molecule has 1 amide bonds. The molecule has 150 valence electrons. The highest BCUT2D eigenvalue weighted by Gasteiger charge is 2.14. The number of sulfonamides is 1. The molecule has 3 aromatic carbocycles. The zero-order chi connectivity index (χ0) is 20.9. The summed E-state index contributed by atoms with van der Waals surface area (Å²) >= 11 is 3.34. The van der Waals surface area contributed by atoms with E-state index in [2.05, 4.69) is 26.0 Å². The van der Waals surface area contributed by atoms with Crippen molar-refractivity contribution < 1.29 is 22.3 Å². The molecule has 0 fully saturated rings. The highest BCUT2D eigenvalue weighted by molar-refractivity contribution is 9.10. The van der Waals surface area contributed by atoms with Crippen LogP contribution in [0, 0.1) is 5.82 Å². The van der Waals surface area contributed by atoms with Crippen molar-refractivity contribution in [1.82, 2.24) is 0 Å². The van der Waals surface area contributed by atoms with Crippen LogP contribution in [0.4, 0.5) is 15.8 Å². The van der Waals surface area contributed by atoms with Gasteiger partial charge in [-0.3, -0.25) is 9.52 Å². The van der Waals surface area contributed by atoms with Gasteiger partial charge in [-0.2, -0.15) is 0 Å². The molecule has 0 unspecified atom stereocenters. The van der Waals surface area contributed by atoms with E-state index in [1.54, 1.807) is 18.2 Å². The summed E-state index contributed by atoms with van der Waals surface area (Å²) in [6.45, 7) is -0.235. The Morgan fingerprint density at radius 3 is 2.28 bits per heavy atom. The Morgan fingerprint density at radius 2 is 1.62 bits per heavy atom. The molecule has 3 aromatic rings. The third-order valence-corrected chi connectivity index (χ3v) is 5.84. The van der Waals surface area contributed by atoms with E-state index in [1.165, 1.54) is 36.4 Å². The molecule has 0 bridgehead atoms. The highest BCUT2D eigenvalue weighted by atomic mass is 79.9. The van der Waals surface area contributed by atoms with E-state index in [9.17, 15) is 17.6 Å². The summed E-state index contributed by atoms with van der Waals surface area (Å²) in [6.07, 6.45) is 0. The molecule has 0 aromatic heterocycles. The molecule has 0 heterocycles. The highest BCUT2D eigenvalue weighted by Crippen LogP contribution is 2.22. The average Bonchev–Trinajstić information content (AvgIpc) is 2.70. The lowest BCUT2D eigenvalue weighted by Gasteiger charge is -2.10. The first-order valence-electron chi connectivity index (χ1n) is 8.39. The van der Waals surface area contributed by atoms with E-state index < -0.39 is 15.8 Å². The van der Waals surface area contributed by atoms with Crippen LogP contribution >= 0.6 is 15.9 Å². The second kappa shape index (κ2) is 9.06. The number of hydrogen-bond acceptors (Lipinski definition) is 4. The van der Waals surface area contributed by atoms with Crippen LogP contribution in [-0.2, 0) is 14.8 Å². The topological polar surface area (TPSA) is 84.5 Å². The van der Waals surface area contributed by atoms with Crippen molar-refractivity contribution in [3.05, 3.63) is 83.1 Å². The second-order valence-electron chi connectivity index (χ2n) is 5.90. The van der Waals surface area contributed by atoms with Crippen LogP contribution in [-0.4, -0.2) is 20.9 Å². The zero-order valence-electron chi connectivity index (χ0n) is 14.9. The first-order chi connectivity index (χ1) is 13.8. The van der Waals surface area contributed by atoms with Gasteiger partial charge in [0.05, 0.1) is 10.6 Å². The van der Waals surface area contributed by atoms with Gasteiger partial charge in [-0.05, 0) is 76.6 Å². The maximum absolute atomic E-state index is 12.9. The van der Waals surface area contributed by atoms with Crippen LogP contribution in [0.2, 0.25) is 0 Å². The van der Waals surface area contributed by atoms with Crippen molar-refractivity contribution in [2.45, 2.75) is 4.90 Å². The quantitative estimate of drug-likeness (QED) is 0.526. The fourth-order valence-corrected chi connectivity index (χ4v) is 3.79. The molecule has 3 rings (SSSR count).